The standard InChI is InChI=1S/C15H19N3O4S/c1-18(2)11-7-3-6-10-9(11)5-4-8-12(10)23(21,22)14(17)13(16)15(19)20/h3-8,13-14H,16-17H2,1-2H3,(H,19,20). The van der Waals surface area contributed by atoms with Gasteiger partial charge in [-0.25, -0.2) is 8.42 Å². The molecule has 2 aromatic carbocycles. The van der Waals surface area contributed by atoms with Crippen molar-refractivity contribution in [3.63, 3.8) is 0 Å². The molecule has 0 fully saturated rings. The molecule has 2 atom stereocenters. The summed E-state index contributed by atoms with van der Waals surface area (Å²) in [4.78, 5) is 12.8. The predicted molar refractivity (Wildman–Crippen MR) is 89.0 cm³/mol. The molecule has 2 rings (SSSR count). The van der Waals surface area contributed by atoms with E-state index in [-0.39, 0.29) is 4.90 Å². The lowest BCUT2D eigenvalue weighted by Crippen LogP contribution is -2.51. The summed E-state index contributed by atoms with van der Waals surface area (Å²) in [6.07, 6.45) is 0. The number of hydrogen-bond donors (Lipinski definition) is 3. The topological polar surface area (TPSA) is 127 Å². The predicted octanol–water partition coefficient (Wildman–Crippen LogP) is 0.376. The Labute approximate surface area is 134 Å². The molecule has 7 nitrogen and oxygen atoms in total. The maximum absolute atomic E-state index is 12.7. The number of nitrogens with zero attached hydrogens (tertiary/aromatic N) is 1. The van der Waals surface area contributed by atoms with E-state index in [9.17, 15) is 13.2 Å². The molecule has 0 heterocycles. The molecule has 2 aromatic rings. The van der Waals surface area contributed by atoms with Crippen LogP contribution in [0, 0.1) is 0 Å². The highest BCUT2D eigenvalue weighted by molar-refractivity contribution is 7.92. The van der Waals surface area contributed by atoms with Crippen LogP contribution in [0.1, 0.15) is 0 Å². The first-order chi connectivity index (χ1) is 10.7. The first-order valence-electron chi connectivity index (χ1n) is 6.85. The fourth-order valence-corrected chi connectivity index (χ4v) is 3.93. The Morgan fingerprint density at radius 1 is 1.09 bits per heavy atom. The Balaban J connectivity index is 2.69. The summed E-state index contributed by atoms with van der Waals surface area (Å²) in [6.45, 7) is 0. The minimum atomic E-state index is -4.10. The van der Waals surface area contributed by atoms with Crippen LogP contribution < -0.4 is 16.4 Å². The maximum atomic E-state index is 12.7. The zero-order chi connectivity index (χ0) is 17.4. The first kappa shape index (κ1) is 17.2. The van der Waals surface area contributed by atoms with E-state index in [1.54, 1.807) is 24.3 Å². The maximum Gasteiger partial charge on any atom is 0.323 e. The van der Waals surface area contributed by atoms with Crippen molar-refractivity contribution in [3.8, 4) is 0 Å². The Bertz CT molecular complexity index is 849. The Kier molecular flexibility index (Phi) is 4.60. The molecule has 0 aromatic heterocycles. The van der Waals surface area contributed by atoms with Gasteiger partial charge in [0.05, 0.1) is 4.90 Å². The van der Waals surface area contributed by atoms with Crippen LogP contribution in [0.3, 0.4) is 0 Å². The zero-order valence-corrected chi connectivity index (χ0v) is 13.6. The number of hydrogen-bond acceptors (Lipinski definition) is 6. The summed E-state index contributed by atoms with van der Waals surface area (Å²) in [5.74, 6) is -1.46. The third-order valence-electron chi connectivity index (χ3n) is 3.64. The molecule has 0 aliphatic carbocycles. The molecule has 0 amide bonds. The average Bonchev–Trinajstić information content (AvgIpc) is 2.51. The van der Waals surface area contributed by atoms with Gasteiger partial charge in [0.1, 0.15) is 11.4 Å². The normalized spacial score (nSPS) is 14.4. The molecule has 0 aliphatic heterocycles. The van der Waals surface area contributed by atoms with Gasteiger partial charge in [-0.15, -0.1) is 0 Å². The average molecular weight is 337 g/mol. The summed E-state index contributed by atoms with van der Waals surface area (Å²) >= 11 is 0. The number of sulfone groups is 1. The molecule has 0 radical (unpaired) electrons. The minimum Gasteiger partial charge on any atom is -0.480 e. The van der Waals surface area contributed by atoms with Crippen LogP contribution in [-0.2, 0) is 14.6 Å². The van der Waals surface area contributed by atoms with Crippen molar-refractivity contribution in [1.29, 1.82) is 0 Å². The lowest BCUT2D eigenvalue weighted by Gasteiger charge is -2.20. The van der Waals surface area contributed by atoms with Gasteiger partial charge in [0.25, 0.3) is 0 Å². The number of carboxylic acid groups (broad SMARTS) is 1. The van der Waals surface area contributed by atoms with Crippen LogP contribution in [0.4, 0.5) is 5.69 Å². The Morgan fingerprint density at radius 2 is 1.65 bits per heavy atom. The van der Waals surface area contributed by atoms with Crippen LogP contribution in [0.25, 0.3) is 10.8 Å². The molecule has 0 bridgehead atoms. The third-order valence-corrected chi connectivity index (χ3v) is 5.62. The van der Waals surface area contributed by atoms with Gasteiger partial charge in [-0.2, -0.15) is 0 Å². The summed E-state index contributed by atoms with van der Waals surface area (Å²) in [5, 5.41) is 8.40. The third kappa shape index (κ3) is 3.00. The molecule has 0 saturated carbocycles. The minimum absolute atomic E-state index is 0.0251. The number of carbonyl (C=O) groups is 1. The van der Waals surface area contributed by atoms with Gasteiger partial charge in [-0.3, -0.25) is 4.79 Å². The largest absolute Gasteiger partial charge is 0.480 e. The van der Waals surface area contributed by atoms with E-state index in [0.717, 1.165) is 11.1 Å². The molecule has 0 spiro atoms. The number of fused-ring (bicyclic) bond motifs is 1. The van der Waals surface area contributed by atoms with E-state index in [2.05, 4.69) is 0 Å². The second-order valence-corrected chi connectivity index (χ2v) is 7.47. The van der Waals surface area contributed by atoms with Crippen molar-refractivity contribution in [3.05, 3.63) is 36.4 Å². The number of nitrogens with two attached hydrogens (primary N) is 2. The zero-order valence-electron chi connectivity index (χ0n) is 12.8. The molecule has 5 N–H and O–H groups in total. The van der Waals surface area contributed by atoms with E-state index in [1.165, 1.54) is 6.07 Å². The van der Waals surface area contributed by atoms with Crippen molar-refractivity contribution in [2.75, 3.05) is 19.0 Å². The van der Waals surface area contributed by atoms with E-state index >= 15 is 0 Å². The van der Waals surface area contributed by atoms with Crippen molar-refractivity contribution in [2.45, 2.75) is 16.3 Å². The first-order valence-corrected chi connectivity index (χ1v) is 8.39. The highest BCUT2D eigenvalue weighted by atomic mass is 32.2. The monoisotopic (exact) mass is 337 g/mol. The van der Waals surface area contributed by atoms with E-state index < -0.39 is 27.2 Å². The second kappa shape index (κ2) is 6.15. The summed E-state index contributed by atoms with van der Waals surface area (Å²) in [6, 6.07) is 8.36. The fourth-order valence-electron chi connectivity index (χ4n) is 2.38. The van der Waals surface area contributed by atoms with Gasteiger partial charge in [0.15, 0.2) is 9.84 Å². The van der Waals surface area contributed by atoms with Crippen LogP contribution >= 0.6 is 0 Å². The molecular formula is C15H19N3O4S. The quantitative estimate of drug-likeness (QED) is 0.719. The molecule has 2 unspecified atom stereocenters. The molecular weight excluding hydrogens is 318 g/mol. The van der Waals surface area contributed by atoms with E-state index in [4.69, 9.17) is 16.6 Å². The van der Waals surface area contributed by atoms with E-state index in [1.807, 2.05) is 25.1 Å². The van der Waals surface area contributed by atoms with Gasteiger partial charge < -0.3 is 21.5 Å². The smallest absolute Gasteiger partial charge is 0.323 e. The second-order valence-electron chi connectivity index (χ2n) is 5.40. The van der Waals surface area contributed by atoms with Crippen LogP contribution in [0.2, 0.25) is 0 Å². The number of anilines is 1. The fraction of sp³-hybridized carbons (Fsp3) is 0.267. The van der Waals surface area contributed by atoms with Crippen molar-refractivity contribution < 1.29 is 18.3 Å². The Hall–Kier alpha value is -2.16. The molecule has 23 heavy (non-hydrogen) atoms. The van der Waals surface area contributed by atoms with Crippen molar-refractivity contribution >= 4 is 32.3 Å². The molecule has 0 saturated heterocycles. The highest BCUT2D eigenvalue weighted by Crippen LogP contribution is 2.31. The summed E-state index contributed by atoms with van der Waals surface area (Å²) in [7, 11) is -0.400. The van der Waals surface area contributed by atoms with Gasteiger partial charge >= 0.3 is 5.97 Å². The number of rotatable bonds is 5. The summed E-state index contributed by atoms with van der Waals surface area (Å²) in [5.41, 5.74) is 11.8. The lowest BCUT2D eigenvalue weighted by molar-refractivity contribution is -0.138. The van der Waals surface area contributed by atoms with Gasteiger partial charge in [0, 0.05) is 30.6 Å². The lowest BCUT2D eigenvalue weighted by atomic mass is 10.1. The number of carboxylic acids is 1. The van der Waals surface area contributed by atoms with Crippen LogP contribution in [0.15, 0.2) is 41.3 Å². The van der Waals surface area contributed by atoms with E-state index in [0.29, 0.717) is 5.39 Å². The van der Waals surface area contributed by atoms with Gasteiger partial charge in [-0.1, -0.05) is 24.3 Å². The van der Waals surface area contributed by atoms with Crippen LogP contribution in [0.5, 0.6) is 0 Å². The number of aliphatic carboxylic acids is 1. The van der Waals surface area contributed by atoms with Gasteiger partial charge in [0.2, 0.25) is 0 Å². The molecule has 8 heteroatoms. The molecule has 0 aliphatic rings. The summed E-state index contributed by atoms with van der Waals surface area (Å²) < 4.78 is 25.4. The molecule has 124 valence electrons. The highest BCUT2D eigenvalue weighted by Gasteiger charge is 2.34. The van der Waals surface area contributed by atoms with Crippen LogP contribution in [-0.4, -0.2) is 45.0 Å². The van der Waals surface area contributed by atoms with Crippen molar-refractivity contribution in [1.82, 2.24) is 0 Å². The Morgan fingerprint density at radius 3 is 2.22 bits per heavy atom. The SMILES string of the molecule is CN(C)c1cccc2c(S(=O)(=O)C(N)C(N)C(=O)O)cccc12. The number of benzene rings is 2. The van der Waals surface area contributed by atoms with Crippen molar-refractivity contribution in [2.24, 2.45) is 11.5 Å². The van der Waals surface area contributed by atoms with Gasteiger partial charge in [-0.05, 0) is 12.1 Å².